The molecular formula is C20H12F3N3O. The molecule has 0 aliphatic heterocycles. The highest BCUT2D eigenvalue weighted by molar-refractivity contribution is 6.15. The maximum atomic E-state index is 12.9. The second-order valence-corrected chi connectivity index (χ2v) is 5.54. The summed E-state index contributed by atoms with van der Waals surface area (Å²) in [6.45, 7) is 0. The molecule has 27 heavy (non-hydrogen) atoms. The first kappa shape index (κ1) is 18.1. The Morgan fingerprint density at radius 1 is 1.04 bits per heavy atom. The average molecular weight is 367 g/mol. The van der Waals surface area contributed by atoms with Crippen molar-refractivity contribution in [1.82, 2.24) is 4.98 Å². The normalized spacial score (nSPS) is 11.9. The number of pyridine rings is 1. The number of aromatic nitrogens is 1. The molecule has 0 fully saturated rings. The van der Waals surface area contributed by atoms with Crippen LogP contribution in [0.1, 0.15) is 11.1 Å². The fraction of sp³-hybridized carbons (Fsp3) is 0.0500. The highest BCUT2D eigenvalue weighted by Gasteiger charge is 2.30. The maximum absolute atomic E-state index is 12.9. The van der Waals surface area contributed by atoms with Gasteiger partial charge in [0.15, 0.2) is 11.5 Å². The SMILES string of the molecule is N#C/C(=N\c1cccc(C(F)(F)F)c1)c1ccnc(-c2ccccc2)c1O. The first-order valence-electron chi connectivity index (χ1n) is 7.80. The minimum atomic E-state index is -4.52. The summed E-state index contributed by atoms with van der Waals surface area (Å²) in [6, 6.07) is 16.3. The lowest BCUT2D eigenvalue weighted by Gasteiger charge is -2.09. The molecule has 0 aliphatic rings. The van der Waals surface area contributed by atoms with Gasteiger partial charge in [-0.1, -0.05) is 36.4 Å². The lowest BCUT2D eigenvalue weighted by Crippen LogP contribution is -2.04. The Balaban J connectivity index is 2.07. The number of rotatable bonds is 3. The van der Waals surface area contributed by atoms with Gasteiger partial charge in [0.05, 0.1) is 16.8 Å². The monoisotopic (exact) mass is 367 g/mol. The Bertz CT molecular complexity index is 1040. The van der Waals surface area contributed by atoms with Crippen molar-refractivity contribution in [3.8, 4) is 23.1 Å². The van der Waals surface area contributed by atoms with Gasteiger partial charge in [0.25, 0.3) is 0 Å². The van der Waals surface area contributed by atoms with Gasteiger partial charge in [0.1, 0.15) is 11.8 Å². The van der Waals surface area contributed by atoms with Gasteiger partial charge in [0, 0.05) is 11.8 Å². The minimum Gasteiger partial charge on any atom is -0.505 e. The fourth-order valence-corrected chi connectivity index (χ4v) is 2.48. The van der Waals surface area contributed by atoms with Gasteiger partial charge in [-0.25, -0.2) is 4.99 Å². The van der Waals surface area contributed by atoms with Crippen LogP contribution in [0.25, 0.3) is 11.3 Å². The van der Waals surface area contributed by atoms with Crippen molar-refractivity contribution in [3.05, 3.63) is 78.0 Å². The first-order valence-corrected chi connectivity index (χ1v) is 7.80. The number of hydrogen-bond acceptors (Lipinski definition) is 4. The molecule has 4 nitrogen and oxygen atoms in total. The number of aliphatic imine (C=N–C) groups is 1. The maximum Gasteiger partial charge on any atom is 0.416 e. The van der Waals surface area contributed by atoms with Crippen molar-refractivity contribution in [2.75, 3.05) is 0 Å². The van der Waals surface area contributed by atoms with E-state index in [-0.39, 0.29) is 28.4 Å². The van der Waals surface area contributed by atoms with E-state index in [0.717, 1.165) is 12.1 Å². The number of alkyl halides is 3. The van der Waals surface area contributed by atoms with E-state index in [1.165, 1.54) is 24.4 Å². The second kappa shape index (κ2) is 7.30. The summed E-state index contributed by atoms with van der Waals surface area (Å²) in [6.07, 6.45) is -3.12. The average Bonchev–Trinajstić information content (AvgIpc) is 2.67. The summed E-state index contributed by atoms with van der Waals surface area (Å²) >= 11 is 0. The van der Waals surface area contributed by atoms with Gasteiger partial charge >= 0.3 is 6.18 Å². The van der Waals surface area contributed by atoms with Crippen LogP contribution in [0.5, 0.6) is 5.75 Å². The van der Waals surface area contributed by atoms with Crippen molar-refractivity contribution in [3.63, 3.8) is 0 Å². The van der Waals surface area contributed by atoms with E-state index in [4.69, 9.17) is 0 Å². The van der Waals surface area contributed by atoms with Crippen molar-refractivity contribution < 1.29 is 18.3 Å². The van der Waals surface area contributed by atoms with Crippen molar-refractivity contribution in [1.29, 1.82) is 5.26 Å². The van der Waals surface area contributed by atoms with Gasteiger partial charge in [-0.2, -0.15) is 18.4 Å². The molecule has 3 aromatic rings. The summed E-state index contributed by atoms with van der Waals surface area (Å²) in [4.78, 5) is 8.10. The van der Waals surface area contributed by atoms with Gasteiger partial charge in [0.2, 0.25) is 0 Å². The van der Waals surface area contributed by atoms with Crippen LogP contribution in [0, 0.1) is 11.3 Å². The molecule has 0 unspecified atom stereocenters. The van der Waals surface area contributed by atoms with Gasteiger partial charge in [-0.15, -0.1) is 0 Å². The lowest BCUT2D eigenvalue weighted by atomic mass is 10.0. The zero-order valence-corrected chi connectivity index (χ0v) is 13.8. The van der Waals surface area contributed by atoms with Crippen molar-refractivity contribution in [2.24, 2.45) is 4.99 Å². The summed E-state index contributed by atoms with van der Waals surface area (Å²) in [7, 11) is 0. The quantitative estimate of drug-likeness (QED) is 0.654. The summed E-state index contributed by atoms with van der Waals surface area (Å²) in [5, 5.41) is 20.0. The van der Waals surface area contributed by atoms with Gasteiger partial charge in [-0.3, -0.25) is 4.98 Å². The molecule has 1 heterocycles. The molecule has 0 saturated heterocycles. The van der Waals surface area contributed by atoms with Crippen LogP contribution in [0.3, 0.4) is 0 Å². The van der Waals surface area contributed by atoms with Gasteiger partial charge < -0.3 is 5.11 Å². The van der Waals surface area contributed by atoms with E-state index in [9.17, 15) is 23.5 Å². The van der Waals surface area contributed by atoms with Crippen LogP contribution in [0.15, 0.2) is 71.9 Å². The zero-order chi connectivity index (χ0) is 19.4. The second-order valence-electron chi connectivity index (χ2n) is 5.54. The molecule has 0 amide bonds. The molecule has 0 saturated carbocycles. The Hall–Kier alpha value is -3.66. The first-order chi connectivity index (χ1) is 12.9. The predicted molar refractivity (Wildman–Crippen MR) is 94.6 cm³/mol. The third kappa shape index (κ3) is 3.96. The van der Waals surface area contributed by atoms with Crippen LogP contribution in [0.4, 0.5) is 18.9 Å². The largest absolute Gasteiger partial charge is 0.505 e. The predicted octanol–water partition coefficient (Wildman–Crippen LogP) is 5.12. The molecule has 0 radical (unpaired) electrons. The van der Waals surface area contributed by atoms with E-state index in [1.807, 2.05) is 6.07 Å². The number of benzene rings is 2. The van der Waals surface area contributed by atoms with E-state index >= 15 is 0 Å². The summed E-state index contributed by atoms with van der Waals surface area (Å²) in [5.74, 6) is -0.268. The topological polar surface area (TPSA) is 69.3 Å². The highest BCUT2D eigenvalue weighted by Crippen LogP contribution is 2.33. The molecule has 134 valence electrons. The molecule has 0 bridgehead atoms. The fourth-order valence-electron chi connectivity index (χ4n) is 2.48. The van der Waals surface area contributed by atoms with E-state index in [2.05, 4.69) is 9.98 Å². The van der Waals surface area contributed by atoms with Crippen molar-refractivity contribution >= 4 is 11.4 Å². The molecule has 0 aliphatic carbocycles. The van der Waals surface area contributed by atoms with Crippen LogP contribution < -0.4 is 0 Å². The molecule has 3 rings (SSSR count). The Morgan fingerprint density at radius 2 is 1.78 bits per heavy atom. The molecule has 2 aromatic carbocycles. The highest BCUT2D eigenvalue weighted by atomic mass is 19.4. The standard InChI is InChI=1S/C20H12F3N3O/c21-20(22,23)14-7-4-8-15(11-14)26-17(12-24)16-9-10-25-18(19(16)27)13-5-2-1-3-6-13/h1-11,27H/b26-17+. The minimum absolute atomic E-state index is 0.0427. The van der Waals surface area contributed by atoms with E-state index < -0.39 is 11.7 Å². The zero-order valence-electron chi connectivity index (χ0n) is 13.8. The van der Waals surface area contributed by atoms with Crippen LogP contribution in [-0.2, 0) is 6.18 Å². The number of halogens is 3. The van der Waals surface area contributed by atoms with E-state index in [0.29, 0.717) is 5.56 Å². The molecular weight excluding hydrogens is 355 g/mol. The number of nitriles is 1. The summed E-state index contributed by atoms with van der Waals surface area (Å²) in [5.41, 5.74) is -0.160. The Kier molecular flexibility index (Phi) is 4.90. The van der Waals surface area contributed by atoms with Crippen molar-refractivity contribution in [2.45, 2.75) is 6.18 Å². The van der Waals surface area contributed by atoms with E-state index in [1.54, 1.807) is 30.3 Å². The lowest BCUT2D eigenvalue weighted by molar-refractivity contribution is -0.137. The number of nitrogens with zero attached hydrogens (tertiary/aromatic N) is 3. The number of hydrogen-bond donors (Lipinski definition) is 1. The molecule has 7 heteroatoms. The smallest absolute Gasteiger partial charge is 0.416 e. The number of aromatic hydroxyl groups is 1. The van der Waals surface area contributed by atoms with Gasteiger partial charge in [-0.05, 0) is 24.3 Å². The molecule has 0 atom stereocenters. The van der Waals surface area contributed by atoms with Crippen LogP contribution >= 0.6 is 0 Å². The van der Waals surface area contributed by atoms with Crippen LogP contribution in [-0.4, -0.2) is 15.8 Å². The summed E-state index contributed by atoms with van der Waals surface area (Å²) < 4.78 is 38.6. The third-order valence-corrected chi connectivity index (χ3v) is 3.75. The Labute approximate surface area is 152 Å². The molecule has 1 N–H and O–H groups in total. The Morgan fingerprint density at radius 3 is 2.44 bits per heavy atom. The molecule has 0 spiro atoms. The molecule has 1 aromatic heterocycles. The van der Waals surface area contributed by atoms with Crippen LogP contribution in [0.2, 0.25) is 0 Å². The third-order valence-electron chi connectivity index (χ3n) is 3.75.